The molecule has 5 nitrogen and oxygen atoms in total. The SMILES string of the molecule is O=C(Nc1ccc(F)cc1F)C1CCCN1S(=O)(=O)c1ccc(Cl)cc1. The molecule has 1 atom stereocenters. The zero-order chi connectivity index (χ0) is 18.9. The average Bonchev–Trinajstić information content (AvgIpc) is 3.08. The van der Waals surface area contributed by atoms with Gasteiger partial charge in [0.25, 0.3) is 0 Å². The van der Waals surface area contributed by atoms with Gasteiger partial charge in [-0.05, 0) is 49.2 Å². The van der Waals surface area contributed by atoms with E-state index in [9.17, 15) is 22.0 Å². The lowest BCUT2D eigenvalue weighted by Gasteiger charge is -2.23. The number of hydrogen-bond donors (Lipinski definition) is 1. The van der Waals surface area contributed by atoms with Crippen molar-refractivity contribution in [2.45, 2.75) is 23.8 Å². The van der Waals surface area contributed by atoms with Crippen LogP contribution >= 0.6 is 11.6 Å². The first kappa shape index (κ1) is 18.8. The fraction of sp³-hybridized carbons (Fsp3) is 0.235. The molecule has 3 rings (SSSR count). The van der Waals surface area contributed by atoms with E-state index in [1.165, 1.54) is 24.3 Å². The number of carbonyl (C=O) groups is 1. The van der Waals surface area contributed by atoms with Gasteiger partial charge in [-0.25, -0.2) is 17.2 Å². The second-order valence-corrected chi connectivity index (χ2v) is 8.17. The Kier molecular flexibility index (Phi) is 5.27. The van der Waals surface area contributed by atoms with Gasteiger partial charge in [-0.3, -0.25) is 4.79 Å². The Morgan fingerprint density at radius 2 is 1.85 bits per heavy atom. The molecule has 0 aromatic heterocycles. The zero-order valence-electron chi connectivity index (χ0n) is 13.5. The van der Waals surface area contributed by atoms with E-state index in [4.69, 9.17) is 11.6 Å². The monoisotopic (exact) mass is 400 g/mol. The summed E-state index contributed by atoms with van der Waals surface area (Å²) in [6.45, 7) is 0.176. The molecule has 0 saturated carbocycles. The molecule has 1 saturated heterocycles. The van der Waals surface area contributed by atoms with Gasteiger partial charge in [-0.2, -0.15) is 4.31 Å². The summed E-state index contributed by atoms with van der Waals surface area (Å²) < 4.78 is 53.4. The van der Waals surface area contributed by atoms with Crippen LogP contribution in [0, 0.1) is 11.6 Å². The number of anilines is 1. The lowest BCUT2D eigenvalue weighted by Crippen LogP contribution is -2.43. The second-order valence-electron chi connectivity index (χ2n) is 5.84. The summed E-state index contributed by atoms with van der Waals surface area (Å²) in [5.41, 5.74) is -0.202. The standard InChI is InChI=1S/C17H15ClF2N2O3S/c18-11-3-6-13(7-4-11)26(24,25)22-9-1-2-16(22)17(23)21-15-8-5-12(19)10-14(15)20/h3-8,10,16H,1-2,9H2,(H,21,23). The molecule has 1 aliphatic rings. The molecule has 1 amide bonds. The Morgan fingerprint density at radius 3 is 2.50 bits per heavy atom. The Morgan fingerprint density at radius 1 is 1.15 bits per heavy atom. The molecule has 1 N–H and O–H groups in total. The van der Waals surface area contributed by atoms with E-state index in [1.807, 2.05) is 0 Å². The van der Waals surface area contributed by atoms with Crippen LogP contribution in [0.3, 0.4) is 0 Å². The maximum absolute atomic E-state index is 13.7. The number of hydrogen-bond acceptors (Lipinski definition) is 3. The van der Waals surface area contributed by atoms with Gasteiger partial charge in [-0.15, -0.1) is 0 Å². The lowest BCUT2D eigenvalue weighted by molar-refractivity contribution is -0.119. The van der Waals surface area contributed by atoms with Crippen LogP contribution in [0.1, 0.15) is 12.8 Å². The van der Waals surface area contributed by atoms with Gasteiger partial charge >= 0.3 is 0 Å². The quantitative estimate of drug-likeness (QED) is 0.855. The van der Waals surface area contributed by atoms with Crippen LogP contribution in [-0.4, -0.2) is 31.2 Å². The first-order valence-electron chi connectivity index (χ1n) is 7.82. The Balaban J connectivity index is 1.83. The van der Waals surface area contributed by atoms with Crippen LogP contribution in [0.5, 0.6) is 0 Å². The van der Waals surface area contributed by atoms with Crippen LogP contribution in [-0.2, 0) is 14.8 Å². The van der Waals surface area contributed by atoms with Gasteiger partial charge in [0.15, 0.2) is 0 Å². The Hall–Kier alpha value is -2.03. The number of nitrogens with one attached hydrogen (secondary N) is 1. The molecule has 0 bridgehead atoms. The summed E-state index contributed by atoms with van der Waals surface area (Å²) in [7, 11) is -3.90. The molecule has 26 heavy (non-hydrogen) atoms. The van der Waals surface area contributed by atoms with Gasteiger partial charge in [0.1, 0.15) is 17.7 Å². The molecule has 1 unspecified atom stereocenters. The highest BCUT2D eigenvalue weighted by Crippen LogP contribution is 2.28. The van der Waals surface area contributed by atoms with Crippen LogP contribution in [0.4, 0.5) is 14.5 Å². The molecule has 0 spiro atoms. The summed E-state index contributed by atoms with van der Waals surface area (Å²) in [5, 5.41) is 2.73. The number of sulfonamides is 1. The maximum atomic E-state index is 13.7. The van der Waals surface area contributed by atoms with E-state index in [0.717, 1.165) is 16.4 Å². The summed E-state index contributed by atoms with van der Waals surface area (Å²) in [4.78, 5) is 12.5. The third kappa shape index (κ3) is 3.72. The predicted molar refractivity (Wildman–Crippen MR) is 93.4 cm³/mol. The van der Waals surface area contributed by atoms with Crippen molar-refractivity contribution < 1.29 is 22.0 Å². The van der Waals surface area contributed by atoms with Gasteiger partial charge < -0.3 is 5.32 Å². The Bertz CT molecular complexity index is 936. The lowest BCUT2D eigenvalue weighted by atomic mass is 10.2. The number of carbonyl (C=O) groups excluding carboxylic acids is 1. The van der Waals surface area contributed by atoms with Crippen molar-refractivity contribution in [3.8, 4) is 0 Å². The predicted octanol–water partition coefficient (Wildman–Crippen LogP) is 3.41. The number of amides is 1. The fourth-order valence-electron chi connectivity index (χ4n) is 2.84. The van der Waals surface area contributed by atoms with Crippen molar-refractivity contribution in [2.75, 3.05) is 11.9 Å². The van der Waals surface area contributed by atoms with E-state index in [0.29, 0.717) is 23.9 Å². The van der Waals surface area contributed by atoms with E-state index < -0.39 is 33.6 Å². The Labute approximate surface area is 154 Å². The number of benzene rings is 2. The average molecular weight is 401 g/mol. The van der Waals surface area contributed by atoms with Crippen LogP contribution < -0.4 is 5.32 Å². The topological polar surface area (TPSA) is 66.5 Å². The summed E-state index contributed by atoms with van der Waals surface area (Å²) in [5.74, 6) is -2.36. The highest BCUT2D eigenvalue weighted by molar-refractivity contribution is 7.89. The van der Waals surface area contributed by atoms with Gasteiger partial charge in [0, 0.05) is 17.6 Å². The van der Waals surface area contributed by atoms with Crippen LogP contribution in [0.2, 0.25) is 5.02 Å². The summed E-state index contributed by atoms with van der Waals surface area (Å²) in [6.07, 6.45) is 0.804. The van der Waals surface area contributed by atoms with Crippen molar-refractivity contribution >= 4 is 33.2 Å². The first-order chi connectivity index (χ1) is 12.3. The van der Waals surface area contributed by atoms with Crippen molar-refractivity contribution in [3.63, 3.8) is 0 Å². The van der Waals surface area contributed by atoms with Crippen molar-refractivity contribution in [3.05, 3.63) is 59.1 Å². The first-order valence-corrected chi connectivity index (χ1v) is 9.64. The molecule has 9 heteroatoms. The molecule has 138 valence electrons. The minimum atomic E-state index is -3.90. The normalized spacial score (nSPS) is 18.0. The largest absolute Gasteiger partial charge is 0.322 e. The molecule has 1 heterocycles. The van der Waals surface area contributed by atoms with Crippen LogP contribution in [0.25, 0.3) is 0 Å². The highest BCUT2D eigenvalue weighted by atomic mass is 35.5. The van der Waals surface area contributed by atoms with Gasteiger partial charge in [0.2, 0.25) is 15.9 Å². The molecule has 2 aromatic rings. The van der Waals surface area contributed by atoms with Gasteiger partial charge in [-0.1, -0.05) is 11.6 Å². The zero-order valence-corrected chi connectivity index (χ0v) is 15.0. The molecule has 0 radical (unpaired) electrons. The number of nitrogens with zero attached hydrogens (tertiary/aromatic N) is 1. The van der Waals surface area contributed by atoms with Crippen molar-refractivity contribution in [1.82, 2.24) is 4.31 Å². The number of halogens is 3. The highest BCUT2D eigenvalue weighted by Gasteiger charge is 2.39. The molecular weight excluding hydrogens is 386 g/mol. The summed E-state index contributed by atoms with van der Waals surface area (Å²) in [6, 6.07) is 7.41. The maximum Gasteiger partial charge on any atom is 0.243 e. The van der Waals surface area contributed by atoms with Crippen molar-refractivity contribution in [2.24, 2.45) is 0 Å². The van der Waals surface area contributed by atoms with Crippen molar-refractivity contribution in [1.29, 1.82) is 0 Å². The van der Waals surface area contributed by atoms with Crippen LogP contribution in [0.15, 0.2) is 47.4 Å². The second kappa shape index (κ2) is 7.30. The number of rotatable bonds is 4. The van der Waals surface area contributed by atoms with E-state index in [2.05, 4.69) is 5.32 Å². The molecule has 2 aromatic carbocycles. The third-order valence-corrected chi connectivity index (χ3v) is 6.29. The van der Waals surface area contributed by atoms with E-state index >= 15 is 0 Å². The fourth-order valence-corrected chi connectivity index (χ4v) is 4.62. The summed E-state index contributed by atoms with van der Waals surface area (Å²) >= 11 is 5.78. The molecule has 1 fully saturated rings. The van der Waals surface area contributed by atoms with Gasteiger partial charge in [0.05, 0.1) is 10.6 Å². The third-order valence-electron chi connectivity index (χ3n) is 4.12. The molecule has 0 aliphatic carbocycles. The molecule has 1 aliphatic heterocycles. The van der Waals surface area contributed by atoms with E-state index in [1.54, 1.807) is 0 Å². The smallest absolute Gasteiger partial charge is 0.243 e. The minimum Gasteiger partial charge on any atom is -0.322 e. The van der Waals surface area contributed by atoms with E-state index in [-0.39, 0.29) is 17.1 Å². The molecular formula is C17H15ClF2N2O3S. The minimum absolute atomic E-state index is 0.0227.